The van der Waals surface area contributed by atoms with Crippen molar-refractivity contribution in [3.8, 4) is 0 Å². The fourth-order valence-corrected chi connectivity index (χ4v) is 2.62. The SMILES string of the molecule is CCNc1cc(C)ccc1C(=O)N1CCN(CC)CC1. The molecular formula is C16H25N3O. The number of rotatable bonds is 4. The van der Waals surface area contributed by atoms with Gasteiger partial charge in [0.25, 0.3) is 5.91 Å². The Kier molecular flexibility index (Phi) is 5.01. The maximum atomic E-state index is 12.7. The molecule has 4 nitrogen and oxygen atoms in total. The van der Waals surface area contributed by atoms with E-state index in [0.29, 0.717) is 0 Å². The van der Waals surface area contributed by atoms with Crippen molar-refractivity contribution >= 4 is 11.6 Å². The highest BCUT2D eigenvalue weighted by molar-refractivity contribution is 5.99. The molecule has 2 rings (SSSR count). The molecule has 1 aromatic carbocycles. The zero-order valence-electron chi connectivity index (χ0n) is 12.8. The van der Waals surface area contributed by atoms with Crippen molar-refractivity contribution in [1.82, 2.24) is 9.80 Å². The van der Waals surface area contributed by atoms with Crippen molar-refractivity contribution in [2.45, 2.75) is 20.8 Å². The topological polar surface area (TPSA) is 35.6 Å². The molecule has 1 saturated heterocycles. The average molecular weight is 275 g/mol. The monoisotopic (exact) mass is 275 g/mol. The van der Waals surface area contributed by atoms with Crippen LogP contribution in [0.1, 0.15) is 29.8 Å². The molecule has 0 aliphatic carbocycles. The van der Waals surface area contributed by atoms with Crippen molar-refractivity contribution in [3.63, 3.8) is 0 Å². The lowest BCUT2D eigenvalue weighted by Gasteiger charge is -2.34. The maximum Gasteiger partial charge on any atom is 0.256 e. The number of likely N-dealkylation sites (N-methyl/N-ethyl adjacent to an activating group) is 1. The number of nitrogens with one attached hydrogen (secondary N) is 1. The summed E-state index contributed by atoms with van der Waals surface area (Å²) in [7, 11) is 0. The number of carbonyl (C=O) groups excluding carboxylic acids is 1. The largest absolute Gasteiger partial charge is 0.385 e. The van der Waals surface area contributed by atoms with E-state index in [1.807, 2.05) is 17.0 Å². The second-order valence-corrected chi connectivity index (χ2v) is 5.31. The third kappa shape index (κ3) is 3.31. The molecule has 110 valence electrons. The molecule has 1 aliphatic heterocycles. The van der Waals surface area contributed by atoms with Crippen LogP contribution >= 0.6 is 0 Å². The van der Waals surface area contributed by atoms with E-state index in [1.165, 1.54) is 5.56 Å². The predicted molar refractivity (Wildman–Crippen MR) is 83.4 cm³/mol. The Balaban J connectivity index is 2.13. The van der Waals surface area contributed by atoms with Crippen LogP contribution in [0, 0.1) is 6.92 Å². The average Bonchev–Trinajstić information content (AvgIpc) is 2.47. The molecule has 0 aromatic heterocycles. The Morgan fingerprint density at radius 3 is 2.50 bits per heavy atom. The molecule has 0 atom stereocenters. The molecule has 1 fully saturated rings. The summed E-state index contributed by atoms with van der Waals surface area (Å²) in [4.78, 5) is 17.0. The normalized spacial score (nSPS) is 16.2. The van der Waals surface area contributed by atoms with E-state index in [0.717, 1.165) is 50.5 Å². The summed E-state index contributed by atoms with van der Waals surface area (Å²) in [6, 6.07) is 6.01. The van der Waals surface area contributed by atoms with E-state index in [-0.39, 0.29) is 5.91 Å². The number of nitrogens with zero attached hydrogens (tertiary/aromatic N) is 2. The summed E-state index contributed by atoms with van der Waals surface area (Å²) in [5.74, 6) is 0.150. The molecule has 0 bridgehead atoms. The van der Waals surface area contributed by atoms with Gasteiger partial charge in [-0.05, 0) is 38.1 Å². The highest BCUT2D eigenvalue weighted by Crippen LogP contribution is 2.20. The fraction of sp³-hybridized carbons (Fsp3) is 0.562. The molecule has 4 heteroatoms. The van der Waals surface area contributed by atoms with E-state index in [9.17, 15) is 4.79 Å². The van der Waals surface area contributed by atoms with E-state index in [1.54, 1.807) is 0 Å². The molecule has 0 unspecified atom stereocenters. The van der Waals surface area contributed by atoms with Gasteiger partial charge in [0, 0.05) is 38.4 Å². The summed E-state index contributed by atoms with van der Waals surface area (Å²) in [5.41, 5.74) is 2.92. The van der Waals surface area contributed by atoms with Crippen molar-refractivity contribution in [1.29, 1.82) is 0 Å². The Hall–Kier alpha value is -1.55. The van der Waals surface area contributed by atoms with E-state index < -0.39 is 0 Å². The molecule has 20 heavy (non-hydrogen) atoms. The number of aryl methyl sites for hydroxylation is 1. The van der Waals surface area contributed by atoms with Crippen molar-refractivity contribution in [2.24, 2.45) is 0 Å². The Bertz CT molecular complexity index is 465. The van der Waals surface area contributed by atoms with Crippen molar-refractivity contribution in [3.05, 3.63) is 29.3 Å². The number of hydrogen-bond donors (Lipinski definition) is 1. The van der Waals surface area contributed by atoms with Gasteiger partial charge in [0.15, 0.2) is 0 Å². The van der Waals surface area contributed by atoms with Gasteiger partial charge >= 0.3 is 0 Å². The molecule has 0 saturated carbocycles. The third-order valence-electron chi connectivity index (χ3n) is 3.88. The molecule has 1 heterocycles. The Morgan fingerprint density at radius 1 is 1.20 bits per heavy atom. The van der Waals surface area contributed by atoms with Crippen LogP contribution < -0.4 is 5.32 Å². The fourth-order valence-electron chi connectivity index (χ4n) is 2.62. The van der Waals surface area contributed by atoms with Gasteiger partial charge in [-0.25, -0.2) is 0 Å². The van der Waals surface area contributed by atoms with E-state index in [4.69, 9.17) is 0 Å². The minimum atomic E-state index is 0.150. The first kappa shape index (κ1) is 14.9. The second kappa shape index (κ2) is 6.75. The first-order chi connectivity index (χ1) is 9.65. The number of hydrogen-bond acceptors (Lipinski definition) is 3. The highest BCUT2D eigenvalue weighted by Gasteiger charge is 2.23. The zero-order chi connectivity index (χ0) is 14.5. The zero-order valence-corrected chi connectivity index (χ0v) is 12.8. The summed E-state index contributed by atoms with van der Waals surface area (Å²) in [6.07, 6.45) is 0. The lowest BCUT2D eigenvalue weighted by molar-refractivity contribution is 0.0644. The highest BCUT2D eigenvalue weighted by atomic mass is 16.2. The van der Waals surface area contributed by atoms with E-state index >= 15 is 0 Å². The minimum absolute atomic E-state index is 0.150. The van der Waals surface area contributed by atoms with Gasteiger partial charge in [-0.3, -0.25) is 4.79 Å². The number of amides is 1. The minimum Gasteiger partial charge on any atom is -0.385 e. The third-order valence-corrected chi connectivity index (χ3v) is 3.88. The summed E-state index contributed by atoms with van der Waals surface area (Å²) < 4.78 is 0. The van der Waals surface area contributed by atoms with Crippen LogP contribution in [0.2, 0.25) is 0 Å². The lowest BCUT2D eigenvalue weighted by Crippen LogP contribution is -2.48. The molecular weight excluding hydrogens is 250 g/mol. The molecule has 1 N–H and O–H groups in total. The molecule has 1 aliphatic rings. The summed E-state index contributed by atoms with van der Waals surface area (Å²) in [5, 5.41) is 3.30. The predicted octanol–water partition coefficient (Wildman–Crippen LogP) is 2.20. The Morgan fingerprint density at radius 2 is 1.90 bits per heavy atom. The molecule has 0 radical (unpaired) electrons. The smallest absolute Gasteiger partial charge is 0.256 e. The standard InChI is InChI=1S/C16H25N3O/c1-4-17-15-12-13(3)6-7-14(15)16(20)19-10-8-18(5-2)9-11-19/h6-7,12,17H,4-5,8-11H2,1-3H3. The van der Waals surface area contributed by atoms with Crippen molar-refractivity contribution < 1.29 is 4.79 Å². The number of anilines is 1. The summed E-state index contributed by atoms with van der Waals surface area (Å²) >= 11 is 0. The van der Waals surface area contributed by atoms with Crippen LogP contribution in [0.4, 0.5) is 5.69 Å². The molecule has 0 spiro atoms. The van der Waals surface area contributed by atoms with Gasteiger partial charge < -0.3 is 15.1 Å². The van der Waals surface area contributed by atoms with Gasteiger partial charge in [-0.15, -0.1) is 0 Å². The van der Waals surface area contributed by atoms with Gasteiger partial charge in [0.2, 0.25) is 0 Å². The maximum absolute atomic E-state index is 12.7. The van der Waals surface area contributed by atoms with Gasteiger partial charge in [0.1, 0.15) is 0 Å². The number of piperazine rings is 1. The number of carbonyl (C=O) groups is 1. The van der Waals surface area contributed by atoms with Gasteiger partial charge in [-0.1, -0.05) is 13.0 Å². The van der Waals surface area contributed by atoms with Crippen LogP contribution in [0.5, 0.6) is 0 Å². The molecule has 1 aromatic rings. The first-order valence-corrected chi connectivity index (χ1v) is 7.51. The van der Waals surface area contributed by atoms with Crippen LogP contribution in [0.25, 0.3) is 0 Å². The first-order valence-electron chi connectivity index (χ1n) is 7.51. The quantitative estimate of drug-likeness (QED) is 0.915. The van der Waals surface area contributed by atoms with Gasteiger partial charge in [-0.2, -0.15) is 0 Å². The Labute approximate surface area is 121 Å². The lowest BCUT2D eigenvalue weighted by atomic mass is 10.1. The van der Waals surface area contributed by atoms with Crippen molar-refractivity contribution in [2.75, 3.05) is 44.6 Å². The number of benzene rings is 1. The summed E-state index contributed by atoms with van der Waals surface area (Å²) in [6.45, 7) is 11.8. The van der Waals surface area contributed by atoms with Crippen LogP contribution in [-0.2, 0) is 0 Å². The van der Waals surface area contributed by atoms with E-state index in [2.05, 4.69) is 37.1 Å². The second-order valence-electron chi connectivity index (χ2n) is 5.31. The van der Waals surface area contributed by atoms with Gasteiger partial charge in [0.05, 0.1) is 5.56 Å². The van der Waals surface area contributed by atoms with Crippen LogP contribution in [-0.4, -0.2) is 55.0 Å². The van der Waals surface area contributed by atoms with Crippen LogP contribution in [0.3, 0.4) is 0 Å². The molecule has 1 amide bonds. The van der Waals surface area contributed by atoms with Crippen LogP contribution in [0.15, 0.2) is 18.2 Å².